The van der Waals surface area contributed by atoms with E-state index in [1.54, 1.807) is 54.6 Å². The van der Waals surface area contributed by atoms with Crippen molar-refractivity contribution < 1.29 is 18.0 Å². The van der Waals surface area contributed by atoms with Gasteiger partial charge in [-0.2, -0.15) is 0 Å². The molecular formula is C34H34Cl3N3O4S. The van der Waals surface area contributed by atoms with Crippen LogP contribution in [0.15, 0.2) is 108 Å². The number of benzene rings is 4. The number of rotatable bonds is 13. The summed E-state index contributed by atoms with van der Waals surface area (Å²) in [5.41, 5.74) is 1.66. The molecule has 0 saturated carbocycles. The number of halogens is 3. The fourth-order valence-electron chi connectivity index (χ4n) is 4.69. The molecule has 236 valence electrons. The molecule has 45 heavy (non-hydrogen) atoms. The van der Waals surface area contributed by atoms with E-state index in [0.29, 0.717) is 22.2 Å². The van der Waals surface area contributed by atoms with Crippen molar-refractivity contribution in [1.29, 1.82) is 0 Å². The van der Waals surface area contributed by atoms with E-state index in [0.717, 1.165) is 9.87 Å². The van der Waals surface area contributed by atoms with Gasteiger partial charge >= 0.3 is 0 Å². The van der Waals surface area contributed by atoms with Gasteiger partial charge in [-0.1, -0.05) is 109 Å². The molecule has 0 fully saturated rings. The predicted octanol–water partition coefficient (Wildman–Crippen LogP) is 7.25. The smallest absolute Gasteiger partial charge is 0.264 e. The van der Waals surface area contributed by atoms with Crippen molar-refractivity contribution in [2.75, 3.05) is 17.4 Å². The number of carbonyl (C=O) groups excluding carboxylic acids is 2. The van der Waals surface area contributed by atoms with Crippen LogP contribution in [0.4, 0.5) is 5.69 Å². The van der Waals surface area contributed by atoms with E-state index in [4.69, 9.17) is 34.8 Å². The minimum absolute atomic E-state index is 0.00400. The van der Waals surface area contributed by atoms with E-state index in [9.17, 15) is 18.0 Å². The lowest BCUT2D eigenvalue weighted by Gasteiger charge is -2.34. The number of hydrogen-bond acceptors (Lipinski definition) is 4. The Kier molecular flexibility index (Phi) is 11.9. The maximum Gasteiger partial charge on any atom is 0.264 e. The maximum absolute atomic E-state index is 14.5. The van der Waals surface area contributed by atoms with E-state index in [2.05, 4.69) is 5.32 Å². The Bertz CT molecular complexity index is 1720. The largest absolute Gasteiger partial charge is 0.354 e. The zero-order chi connectivity index (χ0) is 32.6. The molecular weight excluding hydrogens is 653 g/mol. The number of sulfonamides is 1. The molecule has 0 aromatic heterocycles. The molecule has 4 aromatic rings. The summed E-state index contributed by atoms with van der Waals surface area (Å²) in [5.74, 6) is -0.790. The minimum atomic E-state index is -4.22. The minimum Gasteiger partial charge on any atom is -0.354 e. The average Bonchev–Trinajstić information content (AvgIpc) is 3.02. The third-order valence-electron chi connectivity index (χ3n) is 7.00. The van der Waals surface area contributed by atoms with Crippen molar-refractivity contribution in [3.05, 3.63) is 129 Å². The normalized spacial score (nSPS) is 12.0. The highest BCUT2D eigenvalue weighted by molar-refractivity contribution is 7.92. The van der Waals surface area contributed by atoms with Gasteiger partial charge in [0.25, 0.3) is 10.0 Å². The van der Waals surface area contributed by atoms with Crippen molar-refractivity contribution in [2.45, 2.75) is 37.8 Å². The summed E-state index contributed by atoms with van der Waals surface area (Å²) in [4.78, 5) is 29.7. The maximum atomic E-state index is 14.5. The second-order valence-corrected chi connectivity index (χ2v) is 14.0. The molecule has 0 heterocycles. The Hall–Kier alpha value is -3.56. The van der Waals surface area contributed by atoms with Gasteiger partial charge in [-0.25, -0.2) is 8.42 Å². The molecule has 0 saturated heterocycles. The first-order chi connectivity index (χ1) is 21.5. The lowest BCUT2D eigenvalue weighted by molar-refractivity contribution is -0.140. The Morgan fingerprint density at radius 2 is 1.44 bits per heavy atom. The number of amides is 2. The molecule has 0 aliphatic carbocycles. The number of nitrogens with zero attached hydrogens (tertiary/aromatic N) is 2. The molecule has 0 bridgehead atoms. The predicted molar refractivity (Wildman–Crippen MR) is 181 cm³/mol. The van der Waals surface area contributed by atoms with Gasteiger partial charge in [0.05, 0.1) is 20.6 Å². The van der Waals surface area contributed by atoms with Crippen LogP contribution >= 0.6 is 34.8 Å². The second kappa shape index (κ2) is 15.6. The zero-order valence-corrected chi connectivity index (χ0v) is 28.0. The van der Waals surface area contributed by atoms with Gasteiger partial charge in [0.15, 0.2) is 0 Å². The molecule has 11 heteroatoms. The first-order valence-corrected chi connectivity index (χ1v) is 16.9. The fraction of sp³-hybridized carbons (Fsp3) is 0.235. The number of hydrogen-bond donors (Lipinski definition) is 1. The SMILES string of the molecule is CC(C)CNC(=O)[C@H](Cc1ccccc1)N(Cc1ccc(Cl)c(Cl)c1)C(=O)CN(c1cccc(Cl)c1)S(=O)(=O)c1ccccc1. The van der Waals surface area contributed by atoms with Crippen LogP contribution in [0, 0.1) is 5.92 Å². The Labute approximate surface area is 279 Å². The van der Waals surface area contributed by atoms with Crippen LogP contribution in [0.1, 0.15) is 25.0 Å². The monoisotopic (exact) mass is 685 g/mol. The summed E-state index contributed by atoms with van der Waals surface area (Å²) in [5, 5.41) is 3.90. The molecule has 1 atom stereocenters. The average molecular weight is 687 g/mol. The summed E-state index contributed by atoms with van der Waals surface area (Å²) < 4.78 is 29.0. The highest BCUT2D eigenvalue weighted by Gasteiger charge is 2.34. The van der Waals surface area contributed by atoms with Gasteiger partial charge < -0.3 is 10.2 Å². The third kappa shape index (κ3) is 9.23. The highest BCUT2D eigenvalue weighted by Crippen LogP contribution is 2.28. The number of carbonyl (C=O) groups is 2. The molecule has 1 N–H and O–H groups in total. The van der Waals surface area contributed by atoms with Gasteiger partial charge in [0.2, 0.25) is 11.8 Å². The molecule has 0 unspecified atom stereocenters. The second-order valence-electron chi connectivity index (χ2n) is 10.9. The molecule has 2 amide bonds. The lowest BCUT2D eigenvalue weighted by atomic mass is 10.0. The van der Waals surface area contributed by atoms with Gasteiger partial charge in [0, 0.05) is 24.5 Å². The van der Waals surface area contributed by atoms with Crippen LogP contribution < -0.4 is 9.62 Å². The molecule has 0 aliphatic rings. The molecule has 4 rings (SSSR count). The van der Waals surface area contributed by atoms with Gasteiger partial charge in [-0.15, -0.1) is 0 Å². The quantitative estimate of drug-likeness (QED) is 0.161. The van der Waals surface area contributed by atoms with Gasteiger partial charge in [-0.3, -0.25) is 13.9 Å². The topological polar surface area (TPSA) is 86.8 Å². The molecule has 0 spiro atoms. The summed E-state index contributed by atoms with van der Waals surface area (Å²) in [6.07, 6.45) is 0.195. The van der Waals surface area contributed by atoms with Crippen LogP contribution in [0.3, 0.4) is 0 Å². The fourth-order valence-corrected chi connectivity index (χ4v) is 6.62. The lowest BCUT2D eigenvalue weighted by Crippen LogP contribution is -2.53. The van der Waals surface area contributed by atoms with E-state index in [1.165, 1.54) is 23.1 Å². The van der Waals surface area contributed by atoms with Crippen molar-refractivity contribution >= 4 is 62.3 Å². The van der Waals surface area contributed by atoms with Gasteiger partial charge in [-0.05, 0) is 59.5 Å². The summed E-state index contributed by atoms with van der Waals surface area (Å²) >= 11 is 18.8. The Morgan fingerprint density at radius 3 is 2.07 bits per heavy atom. The standard InChI is InChI=1S/C34H34Cl3N3O4S/c1-24(2)21-38-34(42)32(19-25-10-5-3-6-11-25)39(22-26-16-17-30(36)31(37)18-26)33(41)23-40(28-13-9-12-27(35)20-28)45(43,44)29-14-7-4-8-15-29/h3-18,20,24,32H,19,21-23H2,1-2H3,(H,38,42)/t32-/m0/s1. The van der Waals surface area contributed by atoms with E-state index < -0.39 is 28.5 Å². The number of nitrogens with one attached hydrogen (secondary N) is 1. The third-order valence-corrected chi connectivity index (χ3v) is 9.76. The van der Waals surface area contributed by atoms with E-state index in [1.807, 2.05) is 44.2 Å². The highest BCUT2D eigenvalue weighted by atomic mass is 35.5. The van der Waals surface area contributed by atoms with Crippen molar-refractivity contribution in [2.24, 2.45) is 5.92 Å². The van der Waals surface area contributed by atoms with Crippen molar-refractivity contribution in [3.8, 4) is 0 Å². The zero-order valence-electron chi connectivity index (χ0n) is 24.9. The van der Waals surface area contributed by atoms with E-state index >= 15 is 0 Å². The summed E-state index contributed by atoms with van der Waals surface area (Å²) in [6, 6.07) is 27.4. The van der Waals surface area contributed by atoms with Crippen LogP contribution in [0.2, 0.25) is 15.1 Å². The number of anilines is 1. The van der Waals surface area contributed by atoms with Crippen LogP contribution in [0.5, 0.6) is 0 Å². The van der Waals surface area contributed by atoms with Gasteiger partial charge in [0.1, 0.15) is 12.6 Å². The van der Waals surface area contributed by atoms with Crippen molar-refractivity contribution in [3.63, 3.8) is 0 Å². The Balaban J connectivity index is 1.81. The first-order valence-electron chi connectivity index (χ1n) is 14.3. The van der Waals surface area contributed by atoms with Crippen LogP contribution in [-0.2, 0) is 32.6 Å². The van der Waals surface area contributed by atoms with Crippen LogP contribution in [0.25, 0.3) is 0 Å². The summed E-state index contributed by atoms with van der Waals surface area (Å²) in [7, 11) is -4.22. The van der Waals surface area contributed by atoms with E-state index in [-0.39, 0.29) is 40.4 Å². The summed E-state index contributed by atoms with van der Waals surface area (Å²) in [6.45, 7) is 3.72. The molecule has 7 nitrogen and oxygen atoms in total. The molecule has 0 radical (unpaired) electrons. The van der Waals surface area contributed by atoms with Crippen LogP contribution in [-0.4, -0.2) is 44.3 Å². The molecule has 0 aliphatic heterocycles. The first kappa shape index (κ1) is 34.3. The Morgan fingerprint density at radius 1 is 0.778 bits per heavy atom. The van der Waals surface area contributed by atoms with Crippen molar-refractivity contribution in [1.82, 2.24) is 10.2 Å². The molecule has 4 aromatic carbocycles.